The van der Waals surface area contributed by atoms with Crippen LogP contribution in [0.15, 0.2) is 53.1 Å². The van der Waals surface area contributed by atoms with Crippen molar-refractivity contribution in [2.24, 2.45) is 0 Å². The third-order valence-electron chi connectivity index (χ3n) is 4.23. The first kappa shape index (κ1) is 18.6. The van der Waals surface area contributed by atoms with Gasteiger partial charge in [-0.2, -0.15) is 4.98 Å². The van der Waals surface area contributed by atoms with Crippen LogP contribution in [0.1, 0.15) is 23.9 Å². The van der Waals surface area contributed by atoms with Crippen molar-refractivity contribution in [3.63, 3.8) is 0 Å². The van der Waals surface area contributed by atoms with Crippen molar-refractivity contribution in [1.29, 1.82) is 0 Å². The predicted octanol–water partition coefficient (Wildman–Crippen LogP) is 3.78. The van der Waals surface area contributed by atoms with Gasteiger partial charge in [0.15, 0.2) is 6.10 Å². The van der Waals surface area contributed by atoms with Crippen molar-refractivity contribution >= 4 is 5.91 Å². The molecule has 0 aliphatic rings. The van der Waals surface area contributed by atoms with Crippen LogP contribution in [-0.4, -0.2) is 34.1 Å². The van der Waals surface area contributed by atoms with Gasteiger partial charge in [-0.3, -0.25) is 4.79 Å². The zero-order chi connectivity index (χ0) is 19.4. The van der Waals surface area contributed by atoms with Gasteiger partial charge in [0.25, 0.3) is 5.91 Å². The molecule has 0 spiro atoms. The lowest BCUT2D eigenvalue weighted by atomic mass is 10.1. The van der Waals surface area contributed by atoms with E-state index in [1.165, 1.54) is 4.90 Å². The number of ether oxygens (including phenoxy) is 1. The molecule has 140 valence electrons. The maximum atomic E-state index is 12.6. The molecule has 0 bridgehead atoms. The molecule has 0 saturated heterocycles. The van der Waals surface area contributed by atoms with E-state index in [-0.39, 0.29) is 12.5 Å². The van der Waals surface area contributed by atoms with Gasteiger partial charge in [-0.05, 0) is 32.4 Å². The van der Waals surface area contributed by atoms with Gasteiger partial charge in [-0.15, -0.1) is 0 Å². The number of likely N-dealkylation sites (N-methyl/N-ethyl adjacent to an activating group) is 1. The Bertz CT molecular complexity index is 921. The largest absolute Gasteiger partial charge is 0.481 e. The lowest BCUT2D eigenvalue weighted by Gasteiger charge is -2.21. The fourth-order valence-corrected chi connectivity index (χ4v) is 2.79. The van der Waals surface area contributed by atoms with Gasteiger partial charge < -0.3 is 14.2 Å². The topological polar surface area (TPSA) is 68.5 Å². The minimum absolute atomic E-state index is 0.158. The minimum atomic E-state index is -0.618. The molecule has 1 amide bonds. The normalized spacial score (nSPS) is 11.9. The van der Waals surface area contributed by atoms with Crippen LogP contribution in [-0.2, 0) is 11.3 Å². The zero-order valence-corrected chi connectivity index (χ0v) is 16.0. The lowest BCUT2D eigenvalue weighted by Crippen LogP contribution is -2.37. The summed E-state index contributed by atoms with van der Waals surface area (Å²) in [6.45, 7) is 5.95. The second-order valence-electron chi connectivity index (χ2n) is 6.60. The number of aromatic nitrogens is 2. The van der Waals surface area contributed by atoms with E-state index < -0.39 is 6.10 Å². The molecule has 2 aromatic carbocycles. The van der Waals surface area contributed by atoms with E-state index in [0.717, 1.165) is 16.7 Å². The third kappa shape index (κ3) is 4.53. The van der Waals surface area contributed by atoms with E-state index in [1.54, 1.807) is 14.0 Å². The first-order valence-corrected chi connectivity index (χ1v) is 8.81. The van der Waals surface area contributed by atoms with Crippen LogP contribution in [0, 0.1) is 13.8 Å². The summed E-state index contributed by atoms with van der Waals surface area (Å²) in [5, 5.41) is 3.98. The maximum Gasteiger partial charge on any atom is 0.263 e. The van der Waals surface area contributed by atoms with Crippen LogP contribution in [0.4, 0.5) is 0 Å². The monoisotopic (exact) mass is 365 g/mol. The number of amides is 1. The number of hydrogen-bond acceptors (Lipinski definition) is 5. The average Bonchev–Trinajstić information content (AvgIpc) is 3.12. The van der Waals surface area contributed by atoms with Crippen LogP contribution >= 0.6 is 0 Å². The molecular weight excluding hydrogens is 342 g/mol. The Labute approximate surface area is 158 Å². The highest BCUT2D eigenvalue weighted by molar-refractivity contribution is 5.80. The van der Waals surface area contributed by atoms with Gasteiger partial charge in [0.05, 0.1) is 6.54 Å². The molecule has 0 unspecified atom stereocenters. The molecular formula is C21H23N3O3. The Morgan fingerprint density at radius 2 is 1.93 bits per heavy atom. The van der Waals surface area contributed by atoms with Crippen LogP contribution in [0.5, 0.6) is 5.75 Å². The van der Waals surface area contributed by atoms with Crippen molar-refractivity contribution < 1.29 is 14.1 Å². The molecule has 0 aliphatic heterocycles. The highest BCUT2D eigenvalue weighted by atomic mass is 16.5. The predicted molar refractivity (Wildman–Crippen MR) is 102 cm³/mol. The Morgan fingerprint density at radius 3 is 2.63 bits per heavy atom. The highest BCUT2D eigenvalue weighted by Gasteiger charge is 2.22. The van der Waals surface area contributed by atoms with Gasteiger partial charge in [-0.25, -0.2) is 0 Å². The molecule has 3 rings (SSSR count). The van der Waals surface area contributed by atoms with Gasteiger partial charge >= 0.3 is 0 Å². The van der Waals surface area contributed by atoms with Gasteiger partial charge in [-0.1, -0.05) is 53.2 Å². The SMILES string of the molecule is Cc1ccc(O[C@@H](C)C(=O)N(C)Cc2nc(-c3ccccc3)no2)c(C)c1. The number of hydrogen-bond donors (Lipinski definition) is 0. The number of rotatable bonds is 6. The Kier molecular flexibility index (Phi) is 5.54. The molecule has 0 fully saturated rings. The molecule has 0 N–H and O–H groups in total. The first-order valence-electron chi connectivity index (χ1n) is 8.81. The van der Waals surface area contributed by atoms with Gasteiger partial charge in [0.2, 0.25) is 11.7 Å². The minimum Gasteiger partial charge on any atom is -0.481 e. The van der Waals surface area contributed by atoms with Crippen LogP contribution in [0.2, 0.25) is 0 Å². The molecule has 27 heavy (non-hydrogen) atoms. The van der Waals surface area contributed by atoms with Gasteiger partial charge in [0.1, 0.15) is 5.75 Å². The lowest BCUT2D eigenvalue weighted by molar-refractivity contribution is -0.137. The second kappa shape index (κ2) is 8.03. The fourth-order valence-electron chi connectivity index (χ4n) is 2.79. The number of nitrogens with zero attached hydrogens (tertiary/aromatic N) is 3. The standard InChI is InChI=1S/C21H23N3O3/c1-14-10-11-18(15(2)12-14)26-16(3)21(25)24(4)13-19-22-20(23-27-19)17-8-6-5-7-9-17/h5-12,16H,13H2,1-4H3/t16-/m0/s1. The van der Waals surface area contributed by atoms with E-state index in [4.69, 9.17) is 9.26 Å². The molecule has 3 aromatic rings. The molecule has 1 heterocycles. The van der Waals surface area contributed by atoms with Crippen LogP contribution in [0.25, 0.3) is 11.4 Å². The smallest absolute Gasteiger partial charge is 0.263 e. The van der Waals surface area contributed by atoms with Crippen molar-refractivity contribution in [2.75, 3.05) is 7.05 Å². The first-order chi connectivity index (χ1) is 12.9. The maximum absolute atomic E-state index is 12.6. The highest BCUT2D eigenvalue weighted by Crippen LogP contribution is 2.21. The summed E-state index contributed by atoms with van der Waals surface area (Å²) in [6.07, 6.45) is -0.618. The number of carbonyl (C=O) groups excluding carboxylic acids is 1. The molecule has 0 radical (unpaired) electrons. The van der Waals surface area contributed by atoms with Crippen molar-refractivity contribution in [3.8, 4) is 17.1 Å². The molecule has 1 aromatic heterocycles. The van der Waals surface area contributed by atoms with Crippen molar-refractivity contribution in [1.82, 2.24) is 15.0 Å². The van der Waals surface area contributed by atoms with E-state index in [1.807, 2.05) is 62.4 Å². The van der Waals surface area contributed by atoms with E-state index >= 15 is 0 Å². The second-order valence-corrected chi connectivity index (χ2v) is 6.60. The summed E-state index contributed by atoms with van der Waals surface area (Å²) in [7, 11) is 1.69. The quantitative estimate of drug-likeness (QED) is 0.665. The number of aryl methyl sites for hydroxylation is 2. The van der Waals surface area contributed by atoms with Crippen molar-refractivity contribution in [3.05, 3.63) is 65.5 Å². The van der Waals surface area contributed by atoms with Crippen molar-refractivity contribution in [2.45, 2.75) is 33.4 Å². The summed E-state index contributed by atoms with van der Waals surface area (Å²) < 4.78 is 11.1. The molecule has 1 atom stereocenters. The van der Waals surface area contributed by atoms with Crippen LogP contribution in [0.3, 0.4) is 0 Å². The Morgan fingerprint density at radius 1 is 1.19 bits per heavy atom. The molecule has 6 heteroatoms. The summed E-state index contributed by atoms with van der Waals surface area (Å²) in [5.41, 5.74) is 3.02. The molecule has 0 aliphatic carbocycles. The third-order valence-corrected chi connectivity index (χ3v) is 4.23. The summed E-state index contributed by atoms with van der Waals surface area (Å²) >= 11 is 0. The summed E-state index contributed by atoms with van der Waals surface area (Å²) in [5.74, 6) is 1.43. The van der Waals surface area contributed by atoms with Gasteiger partial charge in [0, 0.05) is 12.6 Å². The Hall–Kier alpha value is -3.15. The fraction of sp³-hybridized carbons (Fsp3) is 0.286. The summed E-state index contributed by atoms with van der Waals surface area (Å²) in [4.78, 5) is 18.5. The average molecular weight is 365 g/mol. The Balaban J connectivity index is 1.62. The zero-order valence-electron chi connectivity index (χ0n) is 16.0. The van der Waals surface area contributed by atoms with Crippen LogP contribution < -0.4 is 4.74 Å². The summed E-state index contributed by atoms with van der Waals surface area (Å²) in [6, 6.07) is 15.4. The van der Waals surface area contributed by atoms with E-state index in [0.29, 0.717) is 17.5 Å². The van der Waals surface area contributed by atoms with E-state index in [9.17, 15) is 4.79 Å². The molecule has 6 nitrogen and oxygen atoms in total. The number of carbonyl (C=O) groups is 1. The van der Waals surface area contributed by atoms with E-state index in [2.05, 4.69) is 10.1 Å². The number of benzene rings is 2. The molecule has 0 saturated carbocycles.